The zero-order valence-electron chi connectivity index (χ0n) is 5.60. The van der Waals surface area contributed by atoms with Gasteiger partial charge in [0.25, 0.3) is 0 Å². The fraction of sp³-hybridized carbons (Fsp3) is 0.833. The van der Waals surface area contributed by atoms with Crippen LogP contribution in [0.25, 0.3) is 0 Å². The van der Waals surface area contributed by atoms with Crippen LogP contribution in [-0.4, -0.2) is 19.0 Å². The summed E-state index contributed by atoms with van der Waals surface area (Å²) < 4.78 is 4.87. The third-order valence-electron chi connectivity index (χ3n) is 1.42. The highest BCUT2D eigenvalue weighted by molar-refractivity contribution is 5.61. The number of ether oxygens (including phenoxy) is 1. The molecule has 0 aliphatic heterocycles. The van der Waals surface area contributed by atoms with Gasteiger partial charge in [-0.3, -0.25) is 0 Å². The molecule has 0 heterocycles. The van der Waals surface area contributed by atoms with Crippen molar-refractivity contribution in [1.29, 1.82) is 0 Å². The fourth-order valence-electron chi connectivity index (χ4n) is 0.276. The van der Waals surface area contributed by atoms with E-state index in [0.29, 0.717) is 0 Å². The molecule has 2 heteroatoms. The minimum absolute atomic E-state index is 0.556. The molecule has 48 valence electrons. The van der Waals surface area contributed by atoms with Crippen LogP contribution in [0.15, 0.2) is 0 Å². The number of rotatable bonds is 3. The molecule has 0 fully saturated rings. The van der Waals surface area contributed by atoms with E-state index in [2.05, 4.69) is 0 Å². The molecule has 8 heavy (non-hydrogen) atoms. The lowest BCUT2D eigenvalue weighted by molar-refractivity contribution is -0.125. The summed E-state index contributed by atoms with van der Waals surface area (Å²) in [6.45, 7) is 3.68. The second kappa shape index (κ2) is 2.82. The number of aldehydes is 1. The molecule has 0 spiro atoms. The molecule has 1 atom stereocenters. The first-order valence-electron chi connectivity index (χ1n) is 2.70. The molecule has 0 radical (unpaired) electrons. The maximum absolute atomic E-state index is 10.2. The predicted octanol–water partition coefficient (Wildman–Crippen LogP) is 1.00. The van der Waals surface area contributed by atoms with Gasteiger partial charge in [-0.15, -0.1) is 0 Å². The predicted molar refractivity (Wildman–Crippen MR) is 31.8 cm³/mol. The molecule has 0 bridgehead atoms. The third kappa shape index (κ3) is 1.62. The topological polar surface area (TPSA) is 26.3 Å². The van der Waals surface area contributed by atoms with Crippen molar-refractivity contribution in [2.75, 3.05) is 7.11 Å². The first-order chi connectivity index (χ1) is 3.68. The molecule has 2 nitrogen and oxygen atoms in total. The summed E-state index contributed by atoms with van der Waals surface area (Å²) in [5, 5.41) is 0. The highest BCUT2D eigenvalue weighted by atomic mass is 16.5. The van der Waals surface area contributed by atoms with Crippen LogP contribution in [0.1, 0.15) is 20.3 Å². The maximum Gasteiger partial charge on any atom is 0.151 e. The van der Waals surface area contributed by atoms with Crippen molar-refractivity contribution in [3.8, 4) is 0 Å². The minimum Gasteiger partial charge on any atom is -0.371 e. The zero-order chi connectivity index (χ0) is 6.62. The molecule has 0 aliphatic rings. The van der Waals surface area contributed by atoms with E-state index in [9.17, 15) is 4.79 Å². The van der Waals surface area contributed by atoms with Gasteiger partial charge in [0.15, 0.2) is 6.29 Å². The van der Waals surface area contributed by atoms with Crippen molar-refractivity contribution in [2.24, 2.45) is 0 Å². The van der Waals surface area contributed by atoms with E-state index in [-0.39, 0.29) is 0 Å². The molecule has 0 aromatic heterocycles. The smallest absolute Gasteiger partial charge is 0.151 e. The number of carbonyl (C=O) groups is 1. The fourth-order valence-corrected chi connectivity index (χ4v) is 0.276. The van der Waals surface area contributed by atoms with Crippen LogP contribution in [-0.2, 0) is 9.53 Å². The van der Waals surface area contributed by atoms with Crippen molar-refractivity contribution in [3.63, 3.8) is 0 Å². The van der Waals surface area contributed by atoms with Crippen molar-refractivity contribution in [2.45, 2.75) is 25.9 Å². The molecule has 0 N–H and O–H groups in total. The lowest BCUT2D eigenvalue weighted by atomic mass is 10.1. The molecule has 0 amide bonds. The van der Waals surface area contributed by atoms with E-state index in [1.807, 2.05) is 6.92 Å². The van der Waals surface area contributed by atoms with Gasteiger partial charge in [0.05, 0.1) is 0 Å². The highest BCUT2D eigenvalue weighted by Gasteiger charge is 2.18. The normalized spacial score (nSPS) is 17.4. The van der Waals surface area contributed by atoms with Crippen LogP contribution >= 0.6 is 0 Å². The Kier molecular flexibility index (Phi) is 2.69. The standard InChI is InChI=1S/C6H12O2/c1-4-6(2,5-7)8-3/h5H,4H2,1-3H3. The van der Waals surface area contributed by atoms with Gasteiger partial charge in [0, 0.05) is 7.11 Å². The van der Waals surface area contributed by atoms with E-state index in [1.165, 1.54) is 7.11 Å². The van der Waals surface area contributed by atoms with Crippen LogP contribution in [0.2, 0.25) is 0 Å². The van der Waals surface area contributed by atoms with Crippen LogP contribution in [0.4, 0.5) is 0 Å². The summed E-state index contributed by atoms with van der Waals surface area (Å²) in [6, 6.07) is 0. The SMILES string of the molecule is CCC(C)(C=O)OC. The quantitative estimate of drug-likeness (QED) is 0.514. The first-order valence-corrected chi connectivity index (χ1v) is 2.70. The molecule has 0 aromatic rings. The van der Waals surface area contributed by atoms with Gasteiger partial charge >= 0.3 is 0 Å². The minimum atomic E-state index is -0.556. The van der Waals surface area contributed by atoms with Crippen molar-refractivity contribution >= 4 is 6.29 Å². The average Bonchev–Trinajstić information content (AvgIpc) is 1.87. The summed E-state index contributed by atoms with van der Waals surface area (Å²) in [6.07, 6.45) is 1.56. The van der Waals surface area contributed by atoms with Crippen LogP contribution in [0, 0.1) is 0 Å². The Morgan fingerprint density at radius 3 is 2.25 bits per heavy atom. The monoisotopic (exact) mass is 116 g/mol. The van der Waals surface area contributed by atoms with Crippen molar-refractivity contribution in [3.05, 3.63) is 0 Å². The van der Waals surface area contributed by atoms with Gasteiger partial charge in [-0.25, -0.2) is 0 Å². The molecular formula is C6H12O2. The molecule has 0 rings (SSSR count). The zero-order valence-corrected chi connectivity index (χ0v) is 5.60. The van der Waals surface area contributed by atoms with Gasteiger partial charge in [-0.1, -0.05) is 6.92 Å². The lowest BCUT2D eigenvalue weighted by Gasteiger charge is -2.17. The Morgan fingerprint density at radius 2 is 2.25 bits per heavy atom. The summed E-state index contributed by atoms with van der Waals surface area (Å²) in [5.41, 5.74) is -0.556. The summed E-state index contributed by atoms with van der Waals surface area (Å²) in [4.78, 5) is 10.2. The lowest BCUT2D eigenvalue weighted by Crippen LogP contribution is -2.27. The Hall–Kier alpha value is -0.370. The molecule has 0 aromatic carbocycles. The van der Waals surface area contributed by atoms with Gasteiger partial charge in [0.1, 0.15) is 5.60 Å². The largest absolute Gasteiger partial charge is 0.371 e. The van der Waals surface area contributed by atoms with Gasteiger partial charge in [-0.05, 0) is 13.3 Å². The van der Waals surface area contributed by atoms with Crippen LogP contribution < -0.4 is 0 Å². The number of hydrogen-bond donors (Lipinski definition) is 0. The van der Waals surface area contributed by atoms with E-state index in [1.54, 1.807) is 6.92 Å². The summed E-state index contributed by atoms with van der Waals surface area (Å²) in [5.74, 6) is 0. The van der Waals surface area contributed by atoms with Crippen LogP contribution in [0.3, 0.4) is 0 Å². The van der Waals surface area contributed by atoms with Crippen molar-refractivity contribution < 1.29 is 9.53 Å². The molecule has 0 saturated carbocycles. The number of carbonyl (C=O) groups excluding carboxylic acids is 1. The second-order valence-electron chi connectivity index (χ2n) is 1.99. The van der Waals surface area contributed by atoms with E-state index < -0.39 is 5.60 Å². The number of methoxy groups -OCH3 is 1. The average molecular weight is 116 g/mol. The Balaban J connectivity index is 3.76. The first kappa shape index (κ1) is 7.63. The van der Waals surface area contributed by atoms with E-state index in [4.69, 9.17) is 4.74 Å². The Labute approximate surface area is 49.8 Å². The summed E-state index contributed by atoms with van der Waals surface area (Å²) >= 11 is 0. The number of hydrogen-bond acceptors (Lipinski definition) is 2. The Morgan fingerprint density at radius 1 is 1.75 bits per heavy atom. The molecule has 0 aliphatic carbocycles. The highest BCUT2D eigenvalue weighted by Crippen LogP contribution is 2.08. The van der Waals surface area contributed by atoms with Gasteiger partial charge in [-0.2, -0.15) is 0 Å². The molecule has 1 unspecified atom stereocenters. The van der Waals surface area contributed by atoms with Crippen molar-refractivity contribution in [1.82, 2.24) is 0 Å². The van der Waals surface area contributed by atoms with Gasteiger partial charge in [0.2, 0.25) is 0 Å². The van der Waals surface area contributed by atoms with Crippen LogP contribution in [0.5, 0.6) is 0 Å². The molecular weight excluding hydrogens is 104 g/mol. The maximum atomic E-state index is 10.2. The van der Waals surface area contributed by atoms with E-state index >= 15 is 0 Å². The third-order valence-corrected chi connectivity index (χ3v) is 1.42. The van der Waals surface area contributed by atoms with Gasteiger partial charge < -0.3 is 9.53 Å². The Bertz CT molecular complexity index is 74.6. The summed E-state index contributed by atoms with van der Waals surface area (Å²) in [7, 11) is 1.54. The van der Waals surface area contributed by atoms with E-state index in [0.717, 1.165) is 12.7 Å². The second-order valence-corrected chi connectivity index (χ2v) is 1.99. The molecule has 0 saturated heterocycles.